The van der Waals surface area contributed by atoms with Gasteiger partial charge in [-0.15, -0.1) is 0 Å². The zero-order valence-corrected chi connectivity index (χ0v) is 37.4. The van der Waals surface area contributed by atoms with E-state index in [1.807, 2.05) is 0 Å². The first kappa shape index (κ1) is 49.8. The molecule has 1 heterocycles. The molecule has 1 saturated heterocycles. The second kappa shape index (κ2) is 23.3. The van der Waals surface area contributed by atoms with Gasteiger partial charge in [0, 0.05) is 38.4 Å². The van der Waals surface area contributed by atoms with Gasteiger partial charge in [0.25, 0.3) is 0 Å². The average molecular weight is 813 g/mol. The lowest BCUT2D eigenvalue weighted by Crippen LogP contribution is -2.46. The minimum absolute atomic E-state index is 0.0143. The molecular formula is C46H72N2O8S. The van der Waals surface area contributed by atoms with Crippen molar-refractivity contribution in [3.05, 3.63) is 35.2 Å². The quantitative estimate of drug-likeness (QED) is 0.0288. The topological polar surface area (TPSA) is 133 Å². The van der Waals surface area contributed by atoms with Crippen LogP contribution in [0.25, 0.3) is 4.85 Å². The third-order valence-corrected chi connectivity index (χ3v) is 12.6. The first-order valence-electron chi connectivity index (χ1n) is 21.3. The number of carboxylic acids is 1. The molecule has 4 unspecified atom stereocenters. The second-order valence-corrected chi connectivity index (χ2v) is 19.4. The van der Waals surface area contributed by atoms with Gasteiger partial charge in [-0.3, -0.25) is 24.2 Å². The maximum Gasteiger partial charge on any atom is 0.319 e. The molecule has 320 valence electrons. The molecule has 11 heteroatoms. The van der Waals surface area contributed by atoms with E-state index in [0.29, 0.717) is 18.7 Å². The van der Waals surface area contributed by atoms with E-state index in [1.54, 1.807) is 59.0 Å². The van der Waals surface area contributed by atoms with Gasteiger partial charge in [-0.25, -0.2) is 6.57 Å². The van der Waals surface area contributed by atoms with Crippen LogP contribution in [-0.2, 0) is 23.9 Å². The Hall–Kier alpha value is -3.39. The molecule has 0 saturated carbocycles. The number of esters is 2. The van der Waals surface area contributed by atoms with Crippen molar-refractivity contribution in [3.8, 4) is 11.5 Å². The Bertz CT molecular complexity index is 1550. The summed E-state index contributed by atoms with van der Waals surface area (Å²) in [5, 5.41) is 9.71. The van der Waals surface area contributed by atoms with Gasteiger partial charge in [-0.2, -0.15) is 0 Å². The average Bonchev–Trinajstić information content (AvgIpc) is 3.39. The Morgan fingerprint density at radius 2 is 1.44 bits per heavy atom. The first-order valence-corrected chi connectivity index (χ1v) is 22.1. The molecule has 0 radical (unpaired) electrons. The van der Waals surface area contributed by atoms with Crippen molar-refractivity contribution in [2.24, 2.45) is 21.2 Å². The number of carbonyl (C=O) groups is 4. The Kier molecular flexibility index (Phi) is 20.3. The smallest absolute Gasteiger partial charge is 0.319 e. The van der Waals surface area contributed by atoms with Crippen molar-refractivity contribution in [2.45, 2.75) is 181 Å². The molecule has 1 aliphatic rings. The third kappa shape index (κ3) is 15.7. The van der Waals surface area contributed by atoms with Crippen molar-refractivity contribution in [2.75, 3.05) is 20.3 Å². The predicted molar refractivity (Wildman–Crippen MR) is 230 cm³/mol. The van der Waals surface area contributed by atoms with Crippen LogP contribution in [0.2, 0.25) is 0 Å². The molecule has 0 amide bonds. The molecule has 0 aromatic heterocycles. The number of unbranched alkanes of at least 4 members (excludes halogenated alkanes) is 12. The van der Waals surface area contributed by atoms with Crippen LogP contribution in [0, 0.1) is 22.8 Å². The number of benzene rings is 1. The molecule has 2 rings (SSSR count). The Balaban J connectivity index is 2.39. The molecule has 1 aromatic rings. The fraction of sp³-hybridized carbons (Fsp3) is 0.739. The molecule has 10 nitrogen and oxygen atoms in total. The van der Waals surface area contributed by atoms with Gasteiger partial charge in [0.15, 0.2) is 16.6 Å². The summed E-state index contributed by atoms with van der Waals surface area (Å²) < 4.78 is 16.3. The number of nitrogens with zero attached hydrogens (tertiary/aromatic N) is 2. The van der Waals surface area contributed by atoms with Gasteiger partial charge in [0.2, 0.25) is 5.54 Å². The zero-order chi connectivity index (χ0) is 42.8. The first-order chi connectivity index (χ1) is 26.8. The van der Waals surface area contributed by atoms with E-state index in [1.165, 1.54) is 59.0 Å². The van der Waals surface area contributed by atoms with Gasteiger partial charge < -0.3 is 24.2 Å². The fourth-order valence-electron chi connectivity index (χ4n) is 8.37. The number of carbonyl (C=O) groups excluding carboxylic acids is 3. The number of aliphatic carboxylic acids is 1. The molecule has 0 aliphatic carbocycles. The van der Waals surface area contributed by atoms with Crippen molar-refractivity contribution < 1.29 is 38.5 Å². The Morgan fingerprint density at radius 1 is 0.860 bits per heavy atom. The summed E-state index contributed by atoms with van der Waals surface area (Å²) in [5.41, 5.74) is -4.25. The Morgan fingerprint density at radius 3 is 1.98 bits per heavy atom. The second-order valence-electron chi connectivity index (χ2n) is 18.0. The minimum atomic E-state index is -1.42. The van der Waals surface area contributed by atoms with Gasteiger partial charge >= 0.3 is 17.9 Å². The largest absolute Gasteiger partial charge is 0.493 e. The lowest BCUT2D eigenvalue weighted by Gasteiger charge is -2.41. The van der Waals surface area contributed by atoms with Crippen molar-refractivity contribution in [1.82, 2.24) is 0 Å². The van der Waals surface area contributed by atoms with Crippen LogP contribution in [0.3, 0.4) is 0 Å². The van der Waals surface area contributed by atoms with Crippen molar-refractivity contribution in [1.29, 1.82) is 0 Å². The van der Waals surface area contributed by atoms with Gasteiger partial charge in [0.1, 0.15) is 4.75 Å². The standard InChI is InChI=1S/C46H72N2O8S/c1-11-13-15-17-18-19-20-21-22-24-28-55-39(51)44(6,33-45(7)34-46(8,38(49)50)57-41(45)53)32-43(5,31-42(3,4)47-9)40(52)56-36-26-25-35(29-37(36)54-10)30-48-27-23-16-14-12-2/h25-26,29-30H,11-24,27-28,31-34H2,1-8,10H3,(H,49,50). The van der Waals surface area contributed by atoms with E-state index in [2.05, 4.69) is 23.7 Å². The number of methoxy groups -OCH3 is 1. The molecule has 57 heavy (non-hydrogen) atoms. The minimum Gasteiger partial charge on any atom is -0.493 e. The molecule has 1 aromatic carbocycles. The van der Waals surface area contributed by atoms with Crippen LogP contribution < -0.4 is 9.47 Å². The number of aliphatic imine (C=N–C) groups is 1. The normalized spacial score (nSPS) is 20.5. The van der Waals surface area contributed by atoms with Crippen molar-refractivity contribution in [3.63, 3.8) is 0 Å². The summed E-state index contributed by atoms with van der Waals surface area (Å²) >= 11 is 0.780. The summed E-state index contributed by atoms with van der Waals surface area (Å²) in [6.45, 7) is 23.3. The van der Waals surface area contributed by atoms with Crippen LogP contribution in [0.15, 0.2) is 23.2 Å². The Labute approximate surface area is 347 Å². The third-order valence-electron chi connectivity index (χ3n) is 11.2. The predicted octanol–water partition coefficient (Wildman–Crippen LogP) is 11.5. The maximum absolute atomic E-state index is 14.5. The number of hydrogen-bond donors (Lipinski definition) is 1. The highest BCUT2D eigenvalue weighted by Crippen LogP contribution is 2.57. The fourth-order valence-corrected chi connectivity index (χ4v) is 9.64. The number of thioether (sulfide) groups is 1. The highest BCUT2D eigenvalue weighted by molar-refractivity contribution is 8.15. The molecule has 4 atom stereocenters. The molecule has 0 spiro atoms. The molecular weight excluding hydrogens is 741 g/mol. The van der Waals surface area contributed by atoms with E-state index in [9.17, 15) is 24.3 Å². The summed E-state index contributed by atoms with van der Waals surface area (Å²) in [6.07, 6.45) is 17.4. The summed E-state index contributed by atoms with van der Waals surface area (Å²) in [7, 11) is 1.49. The van der Waals surface area contributed by atoms with Crippen LogP contribution >= 0.6 is 11.8 Å². The molecule has 1 aliphatic heterocycles. The van der Waals surface area contributed by atoms with Gasteiger partial charge in [-0.1, -0.05) is 110 Å². The lowest BCUT2D eigenvalue weighted by molar-refractivity contribution is -0.163. The van der Waals surface area contributed by atoms with E-state index in [0.717, 1.165) is 55.9 Å². The highest BCUT2D eigenvalue weighted by Gasteiger charge is 2.59. The highest BCUT2D eigenvalue weighted by atomic mass is 32.2. The van der Waals surface area contributed by atoms with Crippen LogP contribution in [-0.4, -0.2) is 64.9 Å². The van der Waals surface area contributed by atoms with Crippen LogP contribution in [0.5, 0.6) is 11.5 Å². The lowest BCUT2D eigenvalue weighted by atomic mass is 9.62. The van der Waals surface area contributed by atoms with Crippen LogP contribution in [0.4, 0.5) is 0 Å². The number of rotatable bonds is 28. The number of carboxylic acid groups (broad SMARTS) is 1. The zero-order valence-electron chi connectivity index (χ0n) is 36.6. The molecule has 0 bridgehead atoms. The van der Waals surface area contributed by atoms with Gasteiger partial charge in [-0.05, 0) is 76.6 Å². The van der Waals surface area contributed by atoms with E-state index < -0.39 is 44.4 Å². The van der Waals surface area contributed by atoms with E-state index >= 15 is 0 Å². The summed E-state index contributed by atoms with van der Waals surface area (Å²) in [6, 6.07) is 5.19. The summed E-state index contributed by atoms with van der Waals surface area (Å²) in [5.74, 6) is -1.79. The summed E-state index contributed by atoms with van der Waals surface area (Å²) in [4.78, 5) is 63.1. The monoisotopic (exact) mass is 813 g/mol. The van der Waals surface area contributed by atoms with Crippen molar-refractivity contribution >= 4 is 41.0 Å². The van der Waals surface area contributed by atoms with Crippen LogP contribution in [0.1, 0.15) is 177 Å². The molecule has 1 fully saturated rings. The maximum atomic E-state index is 14.5. The number of ether oxygens (including phenoxy) is 3. The van der Waals surface area contributed by atoms with Gasteiger partial charge in [0.05, 0.1) is 24.5 Å². The van der Waals surface area contributed by atoms with E-state index in [-0.39, 0.29) is 43.2 Å². The van der Waals surface area contributed by atoms with E-state index in [4.69, 9.17) is 20.8 Å². The molecule has 1 N–H and O–H groups in total. The SMILES string of the molecule is [C-]#[N+]C(C)(C)CC(C)(CC(C)(CC1(C)CC(C)(C(=O)O)SC1=O)C(=O)OCCCCCCCCCCCC)C(=O)Oc1ccc(C=NCCCCCC)cc1OC. The number of hydrogen-bond acceptors (Lipinski definition) is 9.